The van der Waals surface area contributed by atoms with Crippen molar-refractivity contribution in [3.05, 3.63) is 22.6 Å². The number of rotatable bonds is 2. The molecule has 4 nitrogen and oxygen atoms in total. The second kappa shape index (κ2) is 4.29. The highest BCUT2D eigenvalue weighted by Crippen LogP contribution is 2.42. The smallest absolute Gasteiger partial charge is 0.307 e. The Morgan fingerprint density at radius 3 is 2.94 bits per heavy atom. The molecule has 90 valence electrons. The largest absolute Gasteiger partial charge is 0.444 e. The molecular weight excluding hydrogens is 284 g/mol. The number of fused-ring (bicyclic) bond motifs is 2. The Morgan fingerprint density at radius 1 is 1.47 bits per heavy atom. The second-order valence-electron chi connectivity index (χ2n) is 4.73. The van der Waals surface area contributed by atoms with Crippen LogP contribution < -0.4 is 5.43 Å². The molecule has 2 aliphatic carbocycles. The van der Waals surface area contributed by atoms with E-state index in [1.54, 1.807) is 12.1 Å². The highest BCUT2D eigenvalue weighted by atomic mass is 79.9. The summed E-state index contributed by atoms with van der Waals surface area (Å²) >= 11 is 3.16. The van der Waals surface area contributed by atoms with Gasteiger partial charge in [0.05, 0.1) is 0 Å². The maximum Gasteiger partial charge on any atom is 0.307 e. The quantitative estimate of drug-likeness (QED) is 0.853. The monoisotopic (exact) mass is 296 g/mol. The Labute approximate surface area is 108 Å². The number of furan rings is 1. The molecule has 0 aromatic carbocycles. The van der Waals surface area contributed by atoms with E-state index < -0.39 is 0 Å². The molecule has 3 rings (SSSR count). The summed E-state index contributed by atoms with van der Waals surface area (Å²) in [6.07, 6.45) is 4.85. The van der Waals surface area contributed by atoms with Gasteiger partial charge < -0.3 is 4.42 Å². The number of carbonyl (C=O) groups excluding carboxylic acids is 1. The zero-order valence-corrected chi connectivity index (χ0v) is 10.9. The van der Waals surface area contributed by atoms with Crippen LogP contribution in [0.15, 0.2) is 26.3 Å². The maximum atomic E-state index is 11.7. The van der Waals surface area contributed by atoms with Crippen molar-refractivity contribution in [3.8, 4) is 0 Å². The number of hydrazone groups is 1. The van der Waals surface area contributed by atoms with E-state index in [9.17, 15) is 4.79 Å². The summed E-state index contributed by atoms with van der Waals surface area (Å²) in [5.74, 6) is 1.40. The van der Waals surface area contributed by atoms with Crippen LogP contribution in [0.2, 0.25) is 0 Å². The first-order valence-electron chi connectivity index (χ1n) is 5.84. The Balaban J connectivity index is 1.64. The van der Waals surface area contributed by atoms with Gasteiger partial charge in [0.25, 0.3) is 0 Å². The predicted octanol–water partition coefficient (Wildman–Crippen LogP) is 2.95. The van der Waals surface area contributed by atoms with E-state index >= 15 is 0 Å². The van der Waals surface area contributed by atoms with Crippen molar-refractivity contribution in [2.75, 3.05) is 0 Å². The Morgan fingerprint density at radius 2 is 2.35 bits per heavy atom. The van der Waals surface area contributed by atoms with Gasteiger partial charge in [-0.15, -0.1) is 0 Å². The van der Waals surface area contributed by atoms with E-state index in [1.165, 1.54) is 19.3 Å². The summed E-state index contributed by atoms with van der Waals surface area (Å²) in [4.78, 5) is 11.7. The minimum atomic E-state index is -0.286. The molecular formula is C12H13BrN2O2. The summed E-state index contributed by atoms with van der Waals surface area (Å²) in [6, 6.07) is 3.32. The molecule has 1 aromatic rings. The van der Waals surface area contributed by atoms with Gasteiger partial charge in [-0.1, -0.05) is 0 Å². The van der Waals surface area contributed by atoms with Gasteiger partial charge in [0.1, 0.15) is 0 Å². The lowest BCUT2D eigenvalue weighted by molar-refractivity contribution is 0.0925. The fraction of sp³-hybridized carbons (Fsp3) is 0.500. The Kier molecular flexibility index (Phi) is 2.78. The summed E-state index contributed by atoms with van der Waals surface area (Å²) in [7, 11) is 0. The van der Waals surface area contributed by atoms with Gasteiger partial charge in [-0.25, -0.2) is 5.43 Å². The summed E-state index contributed by atoms with van der Waals surface area (Å²) in [6.45, 7) is 0. The number of halogens is 1. The highest BCUT2D eigenvalue weighted by Gasteiger charge is 2.36. The molecule has 0 saturated heterocycles. The number of nitrogens with zero attached hydrogens (tertiary/aromatic N) is 1. The third-order valence-electron chi connectivity index (χ3n) is 3.61. The molecule has 1 amide bonds. The Hall–Kier alpha value is -1.10. The number of nitrogens with one attached hydrogen (secondary N) is 1. The van der Waals surface area contributed by atoms with Crippen molar-refractivity contribution in [2.45, 2.75) is 25.7 Å². The third-order valence-corrected chi connectivity index (χ3v) is 4.03. The molecule has 1 aromatic heterocycles. The van der Waals surface area contributed by atoms with Gasteiger partial charge in [-0.3, -0.25) is 4.79 Å². The number of amides is 1. The molecule has 0 spiro atoms. The molecule has 0 radical (unpaired) electrons. The van der Waals surface area contributed by atoms with Crippen LogP contribution in [0, 0.1) is 11.8 Å². The maximum absolute atomic E-state index is 11.7. The van der Waals surface area contributed by atoms with Crippen molar-refractivity contribution in [3.63, 3.8) is 0 Å². The molecule has 2 unspecified atom stereocenters. The SMILES string of the molecule is O=C(NN=C1CC2CCC1C2)c1ccc(Br)o1. The van der Waals surface area contributed by atoms with E-state index in [0.29, 0.717) is 10.6 Å². The first kappa shape index (κ1) is 11.0. The van der Waals surface area contributed by atoms with Gasteiger partial charge in [0, 0.05) is 5.71 Å². The van der Waals surface area contributed by atoms with Gasteiger partial charge in [-0.05, 0) is 65.6 Å². The lowest BCUT2D eigenvalue weighted by Crippen LogP contribution is -2.21. The fourth-order valence-electron chi connectivity index (χ4n) is 2.78. The zero-order chi connectivity index (χ0) is 11.8. The highest BCUT2D eigenvalue weighted by molar-refractivity contribution is 9.10. The van der Waals surface area contributed by atoms with E-state index in [2.05, 4.69) is 26.5 Å². The molecule has 17 heavy (non-hydrogen) atoms. The first-order chi connectivity index (χ1) is 8.22. The minimum Gasteiger partial charge on any atom is -0.444 e. The van der Waals surface area contributed by atoms with Crippen LogP contribution >= 0.6 is 15.9 Å². The average molecular weight is 297 g/mol. The van der Waals surface area contributed by atoms with Crippen molar-refractivity contribution in [2.24, 2.45) is 16.9 Å². The number of hydrogen-bond donors (Lipinski definition) is 1. The molecule has 2 saturated carbocycles. The second-order valence-corrected chi connectivity index (χ2v) is 5.51. The van der Waals surface area contributed by atoms with Crippen LogP contribution in [0.4, 0.5) is 0 Å². The van der Waals surface area contributed by atoms with Gasteiger partial charge in [-0.2, -0.15) is 5.10 Å². The molecule has 5 heteroatoms. The molecule has 0 aliphatic heterocycles. The van der Waals surface area contributed by atoms with Crippen LogP contribution in [-0.4, -0.2) is 11.6 Å². The minimum absolute atomic E-state index is 0.282. The normalized spacial score (nSPS) is 28.9. The molecule has 1 N–H and O–H groups in total. The third kappa shape index (κ3) is 2.16. The first-order valence-corrected chi connectivity index (χ1v) is 6.64. The van der Waals surface area contributed by atoms with E-state index in [4.69, 9.17) is 4.42 Å². The standard InChI is InChI=1S/C12H13BrN2O2/c13-11-4-3-10(17-11)12(16)15-14-9-6-7-1-2-8(9)5-7/h3-4,7-8H,1-2,5-6H2,(H,15,16). The van der Waals surface area contributed by atoms with Crippen LogP contribution in [0.3, 0.4) is 0 Å². The predicted molar refractivity (Wildman–Crippen MR) is 66.8 cm³/mol. The molecule has 2 bridgehead atoms. The van der Waals surface area contributed by atoms with Crippen LogP contribution in [0.5, 0.6) is 0 Å². The van der Waals surface area contributed by atoms with E-state index in [-0.39, 0.29) is 11.7 Å². The molecule has 2 fully saturated rings. The van der Waals surface area contributed by atoms with Crippen molar-refractivity contribution >= 4 is 27.5 Å². The molecule has 2 aliphatic rings. The van der Waals surface area contributed by atoms with Crippen molar-refractivity contribution in [1.82, 2.24) is 5.43 Å². The summed E-state index contributed by atoms with van der Waals surface area (Å²) < 4.78 is 5.71. The zero-order valence-electron chi connectivity index (χ0n) is 9.28. The topological polar surface area (TPSA) is 54.6 Å². The van der Waals surface area contributed by atoms with Crippen LogP contribution in [-0.2, 0) is 0 Å². The lowest BCUT2D eigenvalue weighted by atomic mass is 9.99. The van der Waals surface area contributed by atoms with E-state index in [1.807, 2.05) is 0 Å². The number of carbonyl (C=O) groups is 1. The molecule has 1 heterocycles. The fourth-order valence-corrected chi connectivity index (χ4v) is 3.08. The van der Waals surface area contributed by atoms with Gasteiger partial charge in [0.15, 0.2) is 10.4 Å². The van der Waals surface area contributed by atoms with Crippen LogP contribution in [0.25, 0.3) is 0 Å². The number of hydrogen-bond acceptors (Lipinski definition) is 3. The van der Waals surface area contributed by atoms with Crippen LogP contribution in [0.1, 0.15) is 36.2 Å². The Bertz CT molecular complexity index is 481. The lowest BCUT2D eigenvalue weighted by Gasteiger charge is -2.11. The average Bonchev–Trinajstić information content (AvgIpc) is 3.01. The summed E-state index contributed by atoms with van der Waals surface area (Å²) in [5, 5.41) is 4.23. The van der Waals surface area contributed by atoms with E-state index in [0.717, 1.165) is 18.1 Å². The molecule has 2 atom stereocenters. The van der Waals surface area contributed by atoms with Crippen molar-refractivity contribution in [1.29, 1.82) is 0 Å². The van der Waals surface area contributed by atoms with Gasteiger partial charge in [0.2, 0.25) is 0 Å². The van der Waals surface area contributed by atoms with Gasteiger partial charge >= 0.3 is 5.91 Å². The van der Waals surface area contributed by atoms with Crippen molar-refractivity contribution < 1.29 is 9.21 Å². The summed E-state index contributed by atoms with van der Waals surface area (Å²) in [5.41, 5.74) is 3.73.